The van der Waals surface area contributed by atoms with Crippen LogP contribution in [0.5, 0.6) is 0 Å². The number of nitrogens with zero attached hydrogens (tertiary/aromatic N) is 1. The van der Waals surface area contributed by atoms with Gasteiger partial charge in [0.2, 0.25) is 17.6 Å². The van der Waals surface area contributed by atoms with Gasteiger partial charge in [0, 0.05) is 26.1 Å². The predicted octanol–water partition coefficient (Wildman–Crippen LogP) is 2.19. The Balaban J connectivity index is 2.26. The number of hydrogen-bond acceptors (Lipinski definition) is 7. The fraction of sp³-hybridized carbons (Fsp3) is 0.812. The second-order valence-electron chi connectivity index (χ2n) is 14.0. The van der Waals surface area contributed by atoms with Crippen molar-refractivity contribution >= 4 is 35.3 Å². The number of Topliss-reactive ketones (excluding diaryl/α,β-unsaturated/α-hetero) is 2. The molecule has 1 saturated carbocycles. The fourth-order valence-electron chi connectivity index (χ4n) is 5.50. The molecule has 2 aliphatic rings. The van der Waals surface area contributed by atoms with Gasteiger partial charge in [0.05, 0.1) is 18.7 Å². The van der Waals surface area contributed by atoms with E-state index >= 15 is 0 Å². The SMILES string of the molecule is CCCC(NC(=O)[C@@H]1C[C@@H](C(C)C)CN1C(=O)[C@@H](NC(=O)N[C@H](C(=O)C1CC1)C(C)C)C(C)(C)C)C(=O)C(=O)NCCOC. The van der Waals surface area contributed by atoms with Crippen molar-refractivity contribution < 1.29 is 33.5 Å². The summed E-state index contributed by atoms with van der Waals surface area (Å²) in [5.41, 5.74) is -0.722. The summed E-state index contributed by atoms with van der Waals surface area (Å²) in [5.74, 6) is -2.42. The largest absolute Gasteiger partial charge is 0.383 e. The second kappa shape index (κ2) is 16.3. The molecule has 5 amide bonds. The summed E-state index contributed by atoms with van der Waals surface area (Å²) < 4.78 is 4.92. The van der Waals surface area contributed by atoms with Crippen molar-refractivity contribution in [3.8, 4) is 0 Å². The molecule has 1 heterocycles. The molecule has 4 N–H and O–H groups in total. The Morgan fingerprint density at radius 1 is 0.955 bits per heavy atom. The fourth-order valence-corrected chi connectivity index (χ4v) is 5.50. The third-order valence-corrected chi connectivity index (χ3v) is 8.52. The van der Waals surface area contributed by atoms with E-state index < -0.39 is 59.1 Å². The average Bonchev–Trinajstić information content (AvgIpc) is 3.69. The van der Waals surface area contributed by atoms with Crippen LogP contribution < -0.4 is 21.3 Å². The number of carbonyl (C=O) groups excluding carboxylic acids is 6. The van der Waals surface area contributed by atoms with E-state index in [9.17, 15) is 28.8 Å². The number of ether oxygens (including phenoxy) is 1. The van der Waals surface area contributed by atoms with Gasteiger partial charge in [-0.1, -0.05) is 61.8 Å². The molecule has 250 valence electrons. The lowest BCUT2D eigenvalue weighted by Crippen LogP contribution is -2.61. The molecule has 0 aromatic heterocycles. The van der Waals surface area contributed by atoms with Crippen molar-refractivity contribution in [3.63, 3.8) is 0 Å². The number of likely N-dealkylation sites (tertiary alicyclic amines) is 1. The van der Waals surface area contributed by atoms with Crippen molar-refractivity contribution in [2.75, 3.05) is 26.8 Å². The van der Waals surface area contributed by atoms with E-state index in [-0.39, 0.29) is 49.0 Å². The summed E-state index contributed by atoms with van der Waals surface area (Å²) in [6.07, 6.45) is 2.85. The molecule has 0 spiro atoms. The molecule has 1 unspecified atom stereocenters. The molecule has 0 bridgehead atoms. The van der Waals surface area contributed by atoms with Crippen molar-refractivity contribution in [2.45, 2.75) is 112 Å². The van der Waals surface area contributed by atoms with Crippen LogP contribution in [0.2, 0.25) is 0 Å². The molecular weight excluding hydrogens is 566 g/mol. The van der Waals surface area contributed by atoms with Crippen molar-refractivity contribution in [1.82, 2.24) is 26.2 Å². The Bertz CT molecular complexity index is 1050. The maximum atomic E-state index is 14.2. The third-order valence-electron chi connectivity index (χ3n) is 8.52. The molecule has 12 nitrogen and oxygen atoms in total. The normalized spacial score (nSPS) is 20.6. The van der Waals surface area contributed by atoms with Crippen LogP contribution in [0.1, 0.15) is 87.5 Å². The van der Waals surface area contributed by atoms with Crippen LogP contribution >= 0.6 is 0 Å². The molecule has 2 rings (SSSR count). The molecule has 0 aromatic carbocycles. The standard InChI is InChI=1S/C32H55N5O7/c1-10-11-22(26(39)29(41)33-14-15-44-9)34-28(40)23-16-21(18(2)3)17-37(23)30(42)27(32(6,7)8)36-31(43)35-24(19(4)5)25(38)20-12-13-20/h18-24,27H,10-17H2,1-9H3,(H,33,41)(H,34,40)(H2,35,36,43)/t21-,22?,23+,24+,27-/m1/s1. The van der Waals surface area contributed by atoms with E-state index in [1.165, 1.54) is 12.0 Å². The number of nitrogens with one attached hydrogen (secondary N) is 4. The third kappa shape index (κ3) is 10.3. The van der Waals surface area contributed by atoms with Gasteiger partial charge in [-0.3, -0.25) is 24.0 Å². The number of rotatable bonds is 16. The Morgan fingerprint density at radius 2 is 1.59 bits per heavy atom. The maximum absolute atomic E-state index is 14.2. The van der Waals surface area contributed by atoms with Crippen LogP contribution in [0.15, 0.2) is 0 Å². The molecule has 0 aromatic rings. The minimum absolute atomic E-state index is 0.00778. The van der Waals surface area contributed by atoms with Gasteiger partial charge in [0.1, 0.15) is 12.1 Å². The highest BCUT2D eigenvalue weighted by Crippen LogP contribution is 2.33. The number of amides is 5. The summed E-state index contributed by atoms with van der Waals surface area (Å²) in [6, 6.07) is -4.18. The zero-order valence-electron chi connectivity index (χ0n) is 28.1. The van der Waals surface area contributed by atoms with Crippen molar-refractivity contribution in [2.24, 2.45) is 29.1 Å². The monoisotopic (exact) mass is 621 g/mol. The maximum Gasteiger partial charge on any atom is 0.316 e. The van der Waals surface area contributed by atoms with Crippen LogP contribution in [-0.4, -0.2) is 91.2 Å². The molecule has 44 heavy (non-hydrogen) atoms. The Kier molecular flexibility index (Phi) is 13.8. The number of methoxy groups -OCH3 is 1. The van der Waals surface area contributed by atoms with Gasteiger partial charge < -0.3 is 30.9 Å². The number of carbonyl (C=O) groups is 6. The topological polar surface area (TPSA) is 163 Å². The highest BCUT2D eigenvalue weighted by Gasteiger charge is 2.46. The molecular formula is C32H55N5O7. The van der Waals surface area contributed by atoms with Crippen molar-refractivity contribution in [1.29, 1.82) is 0 Å². The number of hydrogen-bond donors (Lipinski definition) is 4. The zero-order valence-corrected chi connectivity index (χ0v) is 28.1. The molecule has 1 aliphatic carbocycles. The molecule has 0 radical (unpaired) electrons. The van der Waals surface area contributed by atoms with Crippen LogP contribution in [0.3, 0.4) is 0 Å². The number of urea groups is 1. The van der Waals surface area contributed by atoms with Gasteiger partial charge in [-0.2, -0.15) is 0 Å². The Hall–Kier alpha value is -3.02. The zero-order chi connectivity index (χ0) is 33.4. The first kappa shape index (κ1) is 37.2. The van der Waals surface area contributed by atoms with Gasteiger partial charge in [0.15, 0.2) is 5.78 Å². The minimum atomic E-state index is -1.04. The van der Waals surface area contributed by atoms with E-state index in [2.05, 4.69) is 21.3 Å². The van der Waals surface area contributed by atoms with Gasteiger partial charge in [-0.05, 0) is 48.9 Å². The molecule has 1 saturated heterocycles. The summed E-state index contributed by atoms with van der Waals surface area (Å²) in [5, 5.41) is 10.9. The average molecular weight is 622 g/mol. The molecule has 5 atom stereocenters. The quantitative estimate of drug-likeness (QED) is 0.152. The smallest absolute Gasteiger partial charge is 0.316 e. The highest BCUT2D eigenvalue weighted by molar-refractivity contribution is 6.38. The van der Waals surface area contributed by atoms with Crippen molar-refractivity contribution in [3.05, 3.63) is 0 Å². The molecule has 12 heteroatoms. The van der Waals surface area contributed by atoms with Crippen LogP contribution in [-0.2, 0) is 28.7 Å². The van der Waals surface area contributed by atoms with Crippen LogP contribution in [0, 0.1) is 29.1 Å². The lowest BCUT2D eigenvalue weighted by Gasteiger charge is -2.36. The van der Waals surface area contributed by atoms with Crippen LogP contribution in [0.4, 0.5) is 4.79 Å². The van der Waals surface area contributed by atoms with Gasteiger partial charge in [-0.15, -0.1) is 0 Å². The predicted molar refractivity (Wildman–Crippen MR) is 166 cm³/mol. The van der Waals surface area contributed by atoms with Gasteiger partial charge >= 0.3 is 6.03 Å². The summed E-state index contributed by atoms with van der Waals surface area (Å²) in [4.78, 5) is 80.8. The first-order chi connectivity index (χ1) is 20.5. The van der Waals surface area contributed by atoms with E-state index in [1.54, 1.807) is 0 Å². The molecule has 1 aliphatic heterocycles. The first-order valence-corrected chi connectivity index (χ1v) is 16.1. The first-order valence-electron chi connectivity index (χ1n) is 16.1. The minimum Gasteiger partial charge on any atom is -0.383 e. The van der Waals surface area contributed by atoms with E-state index in [1.807, 2.05) is 55.4 Å². The van der Waals surface area contributed by atoms with Gasteiger partial charge in [-0.25, -0.2) is 4.79 Å². The summed E-state index contributed by atoms with van der Waals surface area (Å²) in [7, 11) is 1.48. The highest BCUT2D eigenvalue weighted by atomic mass is 16.5. The molecule has 2 fully saturated rings. The van der Waals surface area contributed by atoms with Gasteiger partial charge in [0.25, 0.3) is 5.91 Å². The second-order valence-corrected chi connectivity index (χ2v) is 14.0. The van der Waals surface area contributed by atoms with E-state index in [0.29, 0.717) is 19.4 Å². The summed E-state index contributed by atoms with van der Waals surface area (Å²) >= 11 is 0. The Labute approximate surface area is 262 Å². The number of ketones is 2. The van der Waals surface area contributed by atoms with Crippen LogP contribution in [0.25, 0.3) is 0 Å². The lowest BCUT2D eigenvalue weighted by molar-refractivity contribution is -0.144. The lowest BCUT2D eigenvalue weighted by atomic mass is 9.85. The van der Waals surface area contributed by atoms with E-state index in [4.69, 9.17) is 4.74 Å². The Morgan fingerprint density at radius 3 is 2.09 bits per heavy atom. The summed E-state index contributed by atoms with van der Waals surface area (Å²) in [6.45, 7) is 15.8. The van der Waals surface area contributed by atoms with E-state index in [0.717, 1.165) is 12.8 Å².